The van der Waals surface area contributed by atoms with E-state index >= 15 is 0 Å². The lowest BCUT2D eigenvalue weighted by Gasteiger charge is -2.02. The molecule has 0 bridgehead atoms. The Morgan fingerprint density at radius 3 is 2.79 bits per heavy atom. The van der Waals surface area contributed by atoms with E-state index < -0.39 is 4.92 Å². The van der Waals surface area contributed by atoms with Crippen molar-refractivity contribution in [3.8, 4) is 5.75 Å². The molecule has 4 nitrogen and oxygen atoms in total. The number of methoxy groups -OCH3 is 1. The fraction of sp³-hybridized carbons (Fsp3) is 0.111. The fourth-order valence-corrected chi connectivity index (χ4v) is 1.20. The number of rotatable bonds is 3. The molecule has 0 aliphatic heterocycles. The van der Waals surface area contributed by atoms with Gasteiger partial charge in [-0.2, -0.15) is 0 Å². The predicted octanol–water partition coefficient (Wildman–Crippen LogP) is 2.60. The zero-order chi connectivity index (χ0) is 10.6. The maximum absolute atomic E-state index is 10.0. The fourth-order valence-electron chi connectivity index (χ4n) is 0.933. The van der Waals surface area contributed by atoms with Gasteiger partial charge in [-0.1, -0.05) is 17.7 Å². The zero-order valence-corrected chi connectivity index (χ0v) is 8.19. The predicted molar refractivity (Wildman–Crippen MR) is 54.0 cm³/mol. The number of benzene rings is 1. The van der Waals surface area contributed by atoms with Crippen LogP contribution in [0.3, 0.4) is 0 Å². The molecular formula is C9H8ClNO3. The van der Waals surface area contributed by atoms with E-state index in [1.807, 2.05) is 0 Å². The van der Waals surface area contributed by atoms with Crippen molar-refractivity contribution in [2.75, 3.05) is 7.11 Å². The molecule has 0 aliphatic carbocycles. The van der Waals surface area contributed by atoms with Crippen LogP contribution in [0.4, 0.5) is 0 Å². The molecular weight excluding hydrogens is 206 g/mol. The van der Waals surface area contributed by atoms with Crippen molar-refractivity contribution in [3.63, 3.8) is 0 Å². The second-order valence-electron chi connectivity index (χ2n) is 2.50. The lowest BCUT2D eigenvalue weighted by molar-refractivity contribution is -0.400. The summed E-state index contributed by atoms with van der Waals surface area (Å²) in [4.78, 5) is 9.51. The normalized spacial score (nSPS) is 10.4. The highest BCUT2D eigenvalue weighted by atomic mass is 35.5. The van der Waals surface area contributed by atoms with Gasteiger partial charge in [0.2, 0.25) is 6.20 Å². The first-order chi connectivity index (χ1) is 6.63. The minimum atomic E-state index is -0.530. The Morgan fingerprint density at radius 2 is 2.29 bits per heavy atom. The highest BCUT2D eigenvalue weighted by Crippen LogP contribution is 2.25. The smallest absolute Gasteiger partial charge is 0.235 e. The Bertz CT molecular complexity index is 376. The van der Waals surface area contributed by atoms with E-state index in [4.69, 9.17) is 16.3 Å². The average molecular weight is 214 g/mol. The largest absolute Gasteiger partial charge is 0.495 e. The maximum Gasteiger partial charge on any atom is 0.235 e. The zero-order valence-electron chi connectivity index (χ0n) is 7.44. The molecule has 0 unspecified atom stereocenters. The minimum Gasteiger partial charge on any atom is -0.495 e. The Kier molecular flexibility index (Phi) is 3.48. The summed E-state index contributed by atoms with van der Waals surface area (Å²) in [6.45, 7) is 0. The topological polar surface area (TPSA) is 52.4 Å². The van der Waals surface area contributed by atoms with Crippen molar-refractivity contribution < 1.29 is 9.66 Å². The monoisotopic (exact) mass is 213 g/mol. The first-order valence-electron chi connectivity index (χ1n) is 3.78. The van der Waals surface area contributed by atoms with Gasteiger partial charge in [0.15, 0.2) is 0 Å². The van der Waals surface area contributed by atoms with Crippen molar-refractivity contribution in [2.45, 2.75) is 0 Å². The van der Waals surface area contributed by atoms with E-state index in [9.17, 15) is 10.1 Å². The SMILES string of the molecule is COc1ccc(/C=C\[N+](=O)[O-])cc1Cl. The minimum absolute atomic E-state index is 0.429. The van der Waals surface area contributed by atoms with Gasteiger partial charge in [0.25, 0.3) is 0 Å². The average Bonchev–Trinajstić information content (AvgIpc) is 2.15. The first kappa shape index (κ1) is 10.5. The first-order valence-corrected chi connectivity index (χ1v) is 4.16. The van der Waals surface area contributed by atoms with Gasteiger partial charge in [0, 0.05) is 6.08 Å². The van der Waals surface area contributed by atoms with Gasteiger partial charge >= 0.3 is 0 Å². The molecule has 0 radical (unpaired) electrons. The van der Waals surface area contributed by atoms with Crippen LogP contribution in [0.1, 0.15) is 5.56 Å². The van der Waals surface area contributed by atoms with Gasteiger partial charge < -0.3 is 4.74 Å². The van der Waals surface area contributed by atoms with Gasteiger partial charge in [-0.3, -0.25) is 10.1 Å². The molecule has 14 heavy (non-hydrogen) atoms. The Labute approximate surface area is 85.9 Å². The molecule has 1 aromatic rings. The molecule has 0 fully saturated rings. The van der Waals surface area contributed by atoms with Crippen LogP contribution in [0.5, 0.6) is 5.75 Å². The number of halogens is 1. The number of nitrogens with zero attached hydrogens (tertiary/aromatic N) is 1. The summed E-state index contributed by atoms with van der Waals surface area (Å²) in [6.07, 6.45) is 2.23. The molecule has 0 aliphatic rings. The molecule has 74 valence electrons. The van der Waals surface area contributed by atoms with Gasteiger partial charge in [-0.05, 0) is 17.7 Å². The summed E-state index contributed by atoms with van der Waals surface area (Å²) in [6, 6.07) is 4.94. The second kappa shape index (κ2) is 4.62. The summed E-state index contributed by atoms with van der Waals surface area (Å²) in [5.41, 5.74) is 0.660. The summed E-state index contributed by atoms with van der Waals surface area (Å²) in [5.74, 6) is 0.546. The molecule has 0 saturated heterocycles. The summed E-state index contributed by atoms with van der Waals surface area (Å²) in [7, 11) is 1.51. The van der Waals surface area contributed by atoms with E-state index in [0.717, 1.165) is 6.20 Å². The summed E-state index contributed by atoms with van der Waals surface area (Å²) in [5, 5.41) is 10.5. The highest BCUT2D eigenvalue weighted by Gasteiger charge is 2.00. The second-order valence-corrected chi connectivity index (χ2v) is 2.90. The van der Waals surface area contributed by atoms with E-state index in [1.54, 1.807) is 18.2 Å². The quantitative estimate of drug-likeness (QED) is 0.573. The van der Waals surface area contributed by atoms with Crippen LogP contribution in [-0.2, 0) is 0 Å². The van der Waals surface area contributed by atoms with Crippen molar-refractivity contribution in [3.05, 3.63) is 45.1 Å². The molecule has 0 heterocycles. The Balaban J connectivity index is 2.91. The molecule has 0 spiro atoms. The van der Waals surface area contributed by atoms with Crippen molar-refractivity contribution in [2.24, 2.45) is 0 Å². The van der Waals surface area contributed by atoms with E-state index in [0.29, 0.717) is 16.3 Å². The number of hydrogen-bond acceptors (Lipinski definition) is 3. The Hall–Kier alpha value is -1.55. The molecule has 0 N–H and O–H groups in total. The van der Waals surface area contributed by atoms with Crippen LogP contribution in [0.15, 0.2) is 24.4 Å². The molecule has 1 aromatic carbocycles. The molecule has 0 amide bonds. The summed E-state index contributed by atoms with van der Waals surface area (Å²) < 4.78 is 4.94. The van der Waals surface area contributed by atoms with Crippen LogP contribution >= 0.6 is 11.6 Å². The third-order valence-corrected chi connectivity index (χ3v) is 1.86. The highest BCUT2D eigenvalue weighted by molar-refractivity contribution is 6.32. The standard InChI is InChI=1S/C9H8ClNO3/c1-14-9-3-2-7(6-8(9)10)4-5-11(12)13/h2-6H,1H3/b5-4-. The van der Waals surface area contributed by atoms with Crippen LogP contribution in [0.2, 0.25) is 5.02 Å². The van der Waals surface area contributed by atoms with Crippen LogP contribution < -0.4 is 4.74 Å². The number of nitro groups is 1. The van der Waals surface area contributed by atoms with Crippen molar-refractivity contribution in [1.82, 2.24) is 0 Å². The number of hydrogen-bond donors (Lipinski definition) is 0. The maximum atomic E-state index is 10.0. The van der Waals surface area contributed by atoms with E-state index in [1.165, 1.54) is 13.2 Å². The van der Waals surface area contributed by atoms with Gasteiger partial charge in [0.1, 0.15) is 5.75 Å². The van der Waals surface area contributed by atoms with Crippen LogP contribution in [0, 0.1) is 10.1 Å². The lowest BCUT2D eigenvalue weighted by atomic mass is 10.2. The van der Waals surface area contributed by atoms with Crippen LogP contribution in [0.25, 0.3) is 6.08 Å². The van der Waals surface area contributed by atoms with E-state index in [-0.39, 0.29) is 0 Å². The molecule has 1 rings (SSSR count). The molecule has 5 heteroatoms. The van der Waals surface area contributed by atoms with Gasteiger partial charge in [0.05, 0.1) is 17.1 Å². The third kappa shape index (κ3) is 2.74. The Morgan fingerprint density at radius 1 is 1.57 bits per heavy atom. The molecule has 0 atom stereocenters. The van der Waals surface area contributed by atoms with Gasteiger partial charge in [-0.25, -0.2) is 0 Å². The molecule has 0 aromatic heterocycles. The lowest BCUT2D eigenvalue weighted by Crippen LogP contribution is -1.85. The van der Waals surface area contributed by atoms with Gasteiger partial charge in [-0.15, -0.1) is 0 Å². The summed E-state index contributed by atoms with van der Waals surface area (Å²) >= 11 is 5.82. The molecule has 0 saturated carbocycles. The van der Waals surface area contributed by atoms with Crippen LogP contribution in [-0.4, -0.2) is 12.0 Å². The van der Waals surface area contributed by atoms with Crippen molar-refractivity contribution >= 4 is 17.7 Å². The third-order valence-electron chi connectivity index (χ3n) is 1.56. The van der Waals surface area contributed by atoms with Crippen molar-refractivity contribution in [1.29, 1.82) is 0 Å². The number of ether oxygens (including phenoxy) is 1. The van der Waals surface area contributed by atoms with E-state index in [2.05, 4.69) is 0 Å².